The molecule has 0 radical (unpaired) electrons. The smallest absolute Gasteiger partial charge is 0.154 e. The average molecular weight is 216 g/mol. The van der Waals surface area contributed by atoms with Gasteiger partial charge in [0, 0.05) is 6.61 Å². The minimum Gasteiger partial charge on any atom is -0.368 e. The van der Waals surface area contributed by atoms with E-state index in [1.807, 2.05) is 0 Å². The Morgan fingerprint density at radius 3 is 2.07 bits per heavy atom. The van der Waals surface area contributed by atoms with Crippen LogP contribution in [0.25, 0.3) is 0 Å². The third-order valence-corrected chi connectivity index (χ3v) is 2.61. The lowest BCUT2D eigenvalue weighted by atomic mass is 10.1. The molecule has 0 rings (SSSR count). The van der Waals surface area contributed by atoms with Gasteiger partial charge in [-0.25, -0.2) is 0 Å². The van der Waals surface area contributed by atoms with Crippen LogP contribution >= 0.6 is 0 Å². The second-order valence-electron chi connectivity index (χ2n) is 4.24. The van der Waals surface area contributed by atoms with Crippen molar-refractivity contribution in [1.29, 1.82) is 0 Å². The monoisotopic (exact) mass is 216 g/mol. The van der Waals surface area contributed by atoms with E-state index in [4.69, 9.17) is 4.74 Å². The molecule has 0 aliphatic carbocycles. The molecule has 1 unspecified atom stereocenters. The fourth-order valence-electron chi connectivity index (χ4n) is 1.58. The molecular weight excluding hydrogens is 188 g/mol. The summed E-state index contributed by atoms with van der Waals surface area (Å²) in [6.45, 7) is 5.11. The molecule has 0 aromatic carbocycles. The van der Waals surface area contributed by atoms with Crippen molar-refractivity contribution in [2.45, 2.75) is 77.9 Å². The number of aliphatic hydroxyl groups excluding tert-OH is 1. The van der Waals surface area contributed by atoms with E-state index < -0.39 is 6.29 Å². The Balaban J connectivity index is 3.08. The third-order valence-electron chi connectivity index (χ3n) is 2.61. The summed E-state index contributed by atoms with van der Waals surface area (Å²) in [5.74, 6) is 0. The number of aliphatic hydroxyl groups is 1. The Hall–Kier alpha value is -0.0800. The third kappa shape index (κ3) is 11.8. The Kier molecular flexibility index (Phi) is 11.9. The summed E-state index contributed by atoms with van der Waals surface area (Å²) in [5.41, 5.74) is 0. The van der Waals surface area contributed by atoms with E-state index in [9.17, 15) is 5.11 Å². The summed E-state index contributed by atoms with van der Waals surface area (Å²) >= 11 is 0. The zero-order valence-corrected chi connectivity index (χ0v) is 10.5. The zero-order chi connectivity index (χ0) is 11.4. The van der Waals surface area contributed by atoms with Crippen molar-refractivity contribution in [3.63, 3.8) is 0 Å². The molecule has 2 nitrogen and oxygen atoms in total. The molecule has 0 saturated heterocycles. The number of unbranched alkanes of at least 4 members (excludes halogenated alkanes) is 6. The van der Waals surface area contributed by atoms with Crippen molar-refractivity contribution in [3.8, 4) is 0 Å². The van der Waals surface area contributed by atoms with Crippen LogP contribution in [0.1, 0.15) is 71.6 Å². The van der Waals surface area contributed by atoms with Gasteiger partial charge in [0.15, 0.2) is 6.29 Å². The lowest BCUT2D eigenvalue weighted by Crippen LogP contribution is -2.12. The maximum Gasteiger partial charge on any atom is 0.154 e. The first-order valence-electron chi connectivity index (χ1n) is 6.61. The predicted molar refractivity (Wildman–Crippen MR) is 64.9 cm³/mol. The van der Waals surface area contributed by atoms with Gasteiger partial charge in [-0.15, -0.1) is 0 Å². The summed E-state index contributed by atoms with van der Waals surface area (Å²) in [5, 5.41) is 9.48. The van der Waals surface area contributed by atoms with Gasteiger partial charge in [0.05, 0.1) is 0 Å². The predicted octanol–water partition coefficient (Wildman–Crippen LogP) is 3.87. The molecule has 0 bridgehead atoms. The highest BCUT2D eigenvalue weighted by atomic mass is 16.6. The van der Waals surface area contributed by atoms with E-state index in [-0.39, 0.29) is 0 Å². The van der Waals surface area contributed by atoms with Crippen LogP contribution in [0.2, 0.25) is 0 Å². The fraction of sp³-hybridized carbons (Fsp3) is 1.00. The second-order valence-corrected chi connectivity index (χ2v) is 4.24. The van der Waals surface area contributed by atoms with Crippen LogP contribution in [0.4, 0.5) is 0 Å². The molecule has 0 amide bonds. The molecule has 0 aliphatic heterocycles. The van der Waals surface area contributed by atoms with Crippen LogP contribution in [0.3, 0.4) is 0 Å². The molecule has 0 aromatic heterocycles. The molecular formula is C13H28O2. The molecule has 92 valence electrons. The first-order valence-corrected chi connectivity index (χ1v) is 6.61. The second kappa shape index (κ2) is 12.0. The summed E-state index contributed by atoms with van der Waals surface area (Å²) in [6.07, 6.45) is 9.92. The van der Waals surface area contributed by atoms with Gasteiger partial charge in [-0.1, -0.05) is 52.4 Å². The van der Waals surface area contributed by atoms with Crippen LogP contribution in [0.15, 0.2) is 0 Å². The van der Waals surface area contributed by atoms with E-state index in [0.717, 1.165) is 25.9 Å². The summed E-state index contributed by atoms with van der Waals surface area (Å²) in [4.78, 5) is 0. The van der Waals surface area contributed by atoms with Gasteiger partial charge in [0.25, 0.3) is 0 Å². The molecule has 0 aromatic rings. The first-order chi connectivity index (χ1) is 7.31. The molecule has 0 heterocycles. The van der Waals surface area contributed by atoms with Gasteiger partial charge in [-0.3, -0.25) is 0 Å². The van der Waals surface area contributed by atoms with Gasteiger partial charge in [0.2, 0.25) is 0 Å². The summed E-state index contributed by atoms with van der Waals surface area (Å²) in [6, 6.07) is 0. The summed E-state index contributed by atoms with van der Waals surface area (Å²) in [7, 11) is 0. The zero-order valence-electron chi connectivity index (χ0n) is 10.5. The highest BCUT2D eigenvalue weighted by Crippen LogP contribution is 2.07. The van der Waals surface area contributed by atoms with Crippen LogP contribution < -0.4 is 0 Å². The number of hydrogen-bond acceptors (Lipinski definition) is 2. The SMILES string of the molecule is CCCCCCOC(O)CCCCCC. The Morgan fingerprint density at radius 1 is 0.867 bits per heavy atom. The van der Waals surface area contributed by atoms with Gasteiger partial charge in [-0.05, 0) is 19.3 Å². The fourth-order valence-corrected chi connectivity index (χ4v) is 1.58. The molecule has 2 heteroatoms. The van der Waals surface area contributed by atoms with Gasteiger partial charge >= 0.3 is 0 Å². The van der Waals surface area contributed by atoms with Gasteiger partial charge in [-0.2, -0.15) is 0 Å². The van der Waals surface area contributed by atoms with Crippen molar-refractivity contribution < 1.29 is 9.84 Å². The van der Waals surface area contributed by atoms with E-state index in [0.29, 0.717) is 0 Å². The van der Waals surface area contributed by atoms with Crippen LogP contribution in [-0.4, -0.2) is 18.0 Å². The van der Waals surface area contributed by atoms with Crippen molar-refractivity contribution in [1.82, 2.24) is 0 Å². The molecule has 1 N–H and O–H groups in total. The maximum absolute atomic E-state index is 9.48. The van der Waals surface area contributed by atoms with E-state index in [1.165, 1.54) is 38.5 Å². The average Bonchev–Trinajstić information content (AvgIpc) is 2.24. The topological polar surface area (TPSA) is 29.5 Å². The lowest BCUT2D eigenvalue weighted by Gasteiger charge is -2.11. The van der Waals surface area contributed by atoms with Crippen LogP contribution in [-0.2, 0) is 4.74 Å². The van der Waals surface area contributed by atoms with Crippen LogP contribution in [0, 0.1) is 0 Å². The minimum atomic E-state index is -0.525. The van der Waals surface area contributed by atoms with Crippen LogP contribution in [0.5, 0.6) is 0 Å². The number of ether oxygens (including phenoxy) is 1. The van der Waals surface area contributed by atoms with Crippen molar-refractivity contribution in [2.75, 3.05) is 6.61 Å². The van der Waals surface area contributed by atoms with Crippen molar-refractivity contribution in [3.05, 3.63) is 0 Å². The van der Waals surface area contributed by atoms with Crippen molar-refractivity contribution >= 4 is 0 Å². The lowest BCUT2D eigenvalue weighted by molar-refractivity contribution is -0.105. The maximum atomic E-state index is 9.48. The normalized spacial score (nSPS) is 13.0. The molecule has 0 spiro atoms. The largest absolute Gasteiger partial charge is 0.368 e. The van der Waals surface area contributed by atoms with E-state index in [2.05, 4.69) is 13.8 Å². The highest BCUT2D eigenvalue weighted by Gasteiger charge is 2.02. The minimum absolute atomic E-state index is 0.525. The number of rotatable bonds is 11. The highest BCUT2D eigenvalue weighted by molar-refractivity contribution is 4.46. The summed E-state index contributed by atoms with van der Waals surface area (Å²) < 4.78 is 5.32. The molecule has 0 aliphatic rings. The van der Waals surface area contributed by atoms with Gasteiger partial charge < -0.3 is 9.84 Å². The first kappa shape index (κ1) is 14.9. The molecule has 0 fully saturated rings. The Morgan fingerprint density at radius 2 is 1.47 bits per heavy atom. The van der Waals surface area contributed by atoms with E-state index in [1.54, 1.807) is 0 Å². The quantitative estimate of drug-likeness (QED) is 0.419. The Labute approximate surface area is 95.0 Å². The van der Waals surface area contributed by atoms with E-state index >= 15 is 0 Å². The molecule has 0 saturated carbocycles. The van der Waals surface area contributed by atoms with Crippen molar-refractivity contribution in [2.24, 2.45) is 0 Å². The Bertz CT molecular complexity index is 115. The van der Waals surface area contributed by atoms with Gasteiger partial charge in [0.1, 0.15) is 0 Å². The molecule has 15 heavy (non-hydrogen) atoms. The molecule has 1 atom stereocenters. The standard InChI is InChI=1S/C13H28O2/c1-3-5-7-9-11-13(14)15-12-10-8-6-4-2/h13-14H,3-12H2,1-2H3. The number of hydrogen-bond donors (Lipinski definition) is 1.